The number of ether oxygens (including phenoxy) is 1. The molecule has 1 aromatic heterocycles. The molecule has 37 heavy (non-hydrogen) atoms. The van der Waals surface area contributed by atoms with Gasteiger partial charge in [-0.25, -0.2) is 21.6 Å². The summed E-state index contributed by atoms with van der Waals surface area (Å²) in [6, 6.07) is 7.49. The molecule has 200 valence electrons. The fraction of sp³-hybridized carbons (Fsp3) is 0.423. The van der Waals surface area contributed by atoms with Crippen molar-refractivity contribution < 1.29 is 27.7 Å². The molecule has 1 unspecified atom stereocenters. The molecular formula is C26H33N3O6S2. The molecule has 1 heterocycles. The summed E-state index contributed by atoms with van der Waals surface area (Å²) in [7, 11) is -6.15. The van der Waals surface area contributed by atoms with Gasteiger partial charge in [-0.05, 0) is 69.5 Å². The fourth-order valence-corrected chi connectivity index (χ4v) is 7.30. The highest BCUT2D eigenvalue weighted by molar-refractivity contribution is 7.93. The van der Waals surface area contributed by atoms with E-state index < -0.39 is 41.7 Å². The maximum atomic E-state index is 14.2. The fourth-order valence-electron chi connectivity index (χ4n) is 4.04. The van der Waals surface area contributed by atoms with Crippen LogP contribution in [0.2, 0.25) is 0 Å². The number of sulfonamides is 1. The number of carbonyl (C=O) groups is 1. The monoisotopic (exact) mass is 548 g/mol. The van der Waals surface area contributed by atoms with Crippen molar-refractivity contribution in [3.05, 3.63) is 72.6 Å². The molecule has 0 bridgehead atoms. The molecule has 9 nitrogen and oxygen atoms in total. The van der Waals surface area contributed by atoms with Gasteiger partial charge in [0.1, 0.15) is 5.60 Å². The minimum absolute atomic E-state index is 0.0338. The third-order valence-corrected chi connectivity index (χ3v) is 10.3. The average Bonchev–Trinajstić information content (AvgIpc) is 3.58. The molecule has 1 amide bonds. The van der Waals surface area contributed by atoms with Crippen LogP contribution in [0.1, 0.15) is 47.0 Å². The SMILES string of the molecule is [2H]C1=CC(n2ccc(CN(C)C(=O)OC(C)(C)C)c2)(S(=O)(=O)c2cccc(NS(=O)(=O)C3CC3)c2)CC=C1. The number of sulfone groups is 1. The largest absolute Gasteiger partial charge is 0.444 e. The van der Waals surface area contributed by atoms with Gasteiger partial charge in [0.15, 0.2) is 4.87 Å². The topological polar surface area (TPSA) is 115 Å². The predicted molar refractivity (Wildman–Crippen MR) is 142 cm³/mol. The van der Waals surface area contributed by atoms with Gasteiger partial charge < -0.3 is 14.2 Å². The first kappa shape index (κ1) is 25.6. The van der Waals surface area contributed by atoms with E-state index >= 15 is 0 Å². The van der Waals surface area contributed by atoms with E-state index in [4.69, 9.17) is 6.11 Å². The molecule has 1 saturated carbocycles. The Balaban J connectivity index is 1.67. The van der Waals surface area contributed by atoms with Crippen molar-refractivity contribution in [1.29, 1.82) is 0 Å². The summed E-state index contributed by atoms with van der Waals surface area (Å²) in [5.74, 6) is 0. The molecule has 2 aliphatic carbocycles. The Labute approximate surface area is 220 Å². The zero-order chi connectivity index (χ0) is 27.9. The first-order valence-electron chi connectivity index (χ1n) is 12.5. The van der Waals surface area contributed by atoms with Gasteiger partial charge in [0.25, 0.3) is 0 Å². The summed E-state index contributed by atoms with van der Waals surface area (Å²) in [6.45, 7) is 5.51. The number of amides is 1. The molecule has 0 spiro atoms. The number of aromatic nitrogens is 1. The Bertz CT molecular complexity index is 1500. The van der Waals surface area contributed by atoms with Crippen molar-refractivity contribution in [3.8, 4) is 0 Å². The molecule has 1 atom stereocenters. The number of allylic oxidation sites excluding steroid dienone is 3. The molecule has 0 radical (unpaired) electrons. The number of anilines is 1. The molecule has 0 aliphatic heterocycles. The maximum absolute atomic E-state index is 14.2. The molecule has 1 fully saturated rings. The summed E-state index contributed by atoms with van der Waals surface area (Å²) in [6.07, 6.45) is 8.51. The lowest BCUT2D eigenvalue weighted by Crippen LogP contribution is -2.40. The number of hydrogen-bond acceptors (Lipinski definition) is 6. The van der Waals surface area contributed by atoms with Crippen molar-refractivity contribution in [1.82, 2.24) is 9.47 Å². The number of carbonyl (C=O) groups excluding carboxylic acids is 1. The van der Waals surface area contributed by atoms with Crippen molar-refractivity contribution in [2.45, 2.75) is 67.2 Å². The van der Waals surface area contributed by atoms with Gasteiger partial charge in [-0.3, -0.25) is 4.72 Å². The van der Waals surface area contributed by atoms with Crippen molar-refractivity contribution in [2.75, 3.05) is 11.8 Å². The van der Waals surface area contributed by atoms with Crippen LogP contribution >= 0.6 is 0 Å². The van der Waals surface area contributed by atoms with E-state index in [1.807, 2.05) is 0 Å². The lowest BCUT2D eigenvalue weighted by atomic mass is 10.1. The zero-order valence-electron chi connectivity index (χ0n) is 22.3. The van der Waals surface area contributed by atoms with Crippen molar-refractivity contribution in [2.24, 2.45) is 0 Å². The number of benzene rings is 1. The van der Waals surface area contributed by atoms with E-state index in [2.05, 4.69) is 4.72 Å². The van der Waals surface area contributed by atoms with Crippen molar-refractivity contribution in [3.63, 3.8) is 0 Å². The van der Waals surface area contributed by atoms with E-state index in [0.29, 0.717) is 18.4 Å². The van der Waals surface area contributed by atoms with Crippen LogP contribution in [0.15, 0.2) is 71.9 Å². The second-order valence-electron chi connectivity index (χ2n) is 10.4. The summed E-state index contributed by atoms with van der Waals surface area (Å²) >= 11 is 0. The Morgan fingerprint density at radius 1 is 1.24 bits per heavy atom. The highest BCUT2D eigenvalue weighted by atomic mass is 32.2. The van der Waals surface area contributed by atoms with E-state index in [-0.39, 0.29) is 29.6 Å². The predicted octanol–water partition coefficient (Wildman–Crippen LogP) is 4.40. The Hall–Kier alpha value is -3.05. The van der Waals surface area contributed by atoms with Crippen LogP contribution in [0.5, 0.6) is 0 Å². The first-order chi connectivity index (χ1) is 17.6. The number of nitrogens with zero attached hydrogens (tertiary/aromatic N) is 2. The van der Waals surface area contributed by atoms with Crippen LogP contribution in [-0.2, 0) is 36.0 Å². The van der Waals surface area contributed by atoms with E-state index in [1.165, 1.54) is 45.9 Å². The first-order valence-corrected chi connectivity index (χ1v) is 15.0. The number of hydrogen-bond donors (Lipinski definition) is 1. The number of nitrogens with one attached hydrogen (secondary N) is 1. The Morgan fingerprint density at radius 3 is 2.62 bits per heavy atom. The van der Waals surface area contributed by atoms with Gasteiger partial charge >= 0.3 is 6.09 Å². The van der Waals surface area contributed by atoms with Crippen LogP contribution in [-0.4, -0.2) is 50.3 Å². The second-order valence-corrected chi connectivity index (χ2v) is 14.5. The average molecular weight is 549 g/mol. The van der Waals surface area contributed by atoms with Crippen LogP contribution in [0.3, 0.4) is 0 Å². The van der Waals surface area contributed by atoms with Gasteiger partial charge in [0, 0.05) is 31.5 Å². The van der Waals surface area contributed by atoms with Crippen LogP contribution in [0.4, 0.5) is 10.5 Å². The molecular weight excluding hydrogens is 514 g/mol. The molecule has 0 saturated heterocycles. The molecule has 1 N–H and O–H groups in total. The van der Waals surface area contributed by atoms with E-state index in [1.54, 1.807) is 52.4 Å². The third kappa shape index (κ3) is 5.77. The number of rotatable bonds is 8. The maximum Gasteiger partial charge on any atom is 0.410 e. The van der Waals surface area contributed by atoms with Gasteiger partial charge in [0.05, 0.1) is 18.1 Å². The van der Waals surface area contributed by atoms with Gasteiger partial charge in [-0.1, -0.05) is 24.3 Å². The Kier molecular flexibility index (Phi) is 6.70. The highest BCUT2D eigenvalue weighted by Crippen LogP contribution is 2.39. The Morgan fingerprint density at radius 2 is 1.97 bits per heavy atom. The van der Waals surface area contributed by atoms with E-state index in [0.717, 1.165) is 0 Å². The highest BCUT2D eigenvalue weighted by Gasteiger charge is 2.44. The van der Waals surface area contributed by atoms with E-state index in [9.17, 15) is 21.6 Å². The van der Waals surface area contributed by atoms with Gasteiger partial charge in [-0.15, -0.1) is 0 Å². The van der Waals surface area contributed by atoms with Crippen molar-refractivity contribution >= 4 is 31.6 Å². The minimum Gasteiger partial charge on any atom is -0.444 e. The second kappa shape index (κ2) is 9.68. The molecule has 2 aliphatic rings. The summed E-state index contributed by atoms with van der Waals surface area (Å²) in [5, 5.41) is -0.455. The van der Waals surface area contributed by atoms with Crippen LogP contribution in [0, 0.1) is 0 Å². The standard InChI is InChI=1S/C26H33N3O6S2/c1-25(2,3)35-24(30)28(4)18-20-13-16-29(19-20)26(14-6-5-7-15-26)36(31,32)23-10-8-9-21(17-23)27-37(33,34)22-11-12-22/h5-10,13-14,16-17,19,22,27H,11-12,15,18H2,1-4H3/i6D. The summed E-state index contributed by atoms with van der Waals surface area (Å²) < 4.78 is 70.8. The van der Waals surface area contributed by atoms with Gasteiger partial charge in [-0.2, -0.15) is 0 Å². The lowest BCUT2D eigenvalue weighted by Gasteiger charge is -2.33. The lowest BCUT2D eigenvalue weighted by molar-refractivity contribution is 0.0285. The van der Waals surface area contributed by atoms with Crippen LogP contribution < -0.4 is 4.72 Å². The molecule has 4 rings (SSSR count). The quantitative estimate of drug-likeness (QED) is 0.523. The van der Waals surface area contributed by atoms with Gasteiger partial charge in [0.2, 0.25) is 19.9 Å². The smallest absolute Gasteiger partial charge is 0.410 e. The summed E-state index contributed by atoms with van der Waals surface area (Å²) in [5.41, 5.74) is 0.190. The molecule has 11 heteroatoms. The summed E-state index contributed by atoms with van der Waals surface area (Å²) in [4.78, 5) is 12.1. The minimum atomic E-state index is -4.17. The normalized spacial score (nSPS) is 20.6. The third-order valence-electron chi connectivity index (χ3n) is 6.08. The van der Waals surface area contributed by atoms with Crippen LogP contribution in [0.25, 0.3) is 0 Å². The molecule has 2 aromatic rings. The zero-order valence-corrected chi connectivity index (χ0v) is 23.0. The molecule has 1 aromatic carbocycles.